The summed E-state index contributed by atoms with van der Waals surface area (Å²) in [4.78, 5) is 0. The molecule has 100 valence electrons. The lowest BCUT2D eigenvalue weighted by atomic mass is 10.1. The van der Waals surface area contributed by atoms with Gasteiger partial charge in [-0.25, -0.2) is 0 Å². The van der Waals surface area contributed by atoms with Crippen molar-refractivity contribution in [1.82, 2.24) is 0 Å². The van der Waals surface area contributed by atoms with Gasteiger partial charge in [-0.05, 0) is 36.2 Å². The summed E-state index contributed by atoms with van der Waals surface area (Å²) < 4.78 is 5.71. The van der Waals surface area contributed by atoms with Crippen molar-refractivity contribution in [2.45, 2.75) is 18.9 Å². The molecule has 0 N–H and O–H groups in total. The molecule has 1 nitrogen and oxygen atoms in total. The molecular weight excluding hydrogens is 347 g/mol. The highest BCUT2D eigenvalue weighted by Crippen LogP contribution is 2.28. The zero-order valence-corrected chi connectivity index (χ0v) is 13.5. The molecule has 0 amide bonds. The van der Waals surface area contributed by atoms with Gasteiger partial charge in [-0.2, -0.15) is 0 Å². The van der Waals surface area contributed by atoms with E-state index in [9.17, 15) is 0 Å². The molecule has 0 aromatic heterocycles. The first-order valence-electron chi connectivity index (χ1n) is 5.82. The maximum absolute atomic E-state index is 6.16. The van der Waals surface area contributed by atoms with Gasteiger partial charge >= 0.3 is 0 Å². The number of alkyl halides is 1. The quantitative estimate of drug-likeness (QED) is 0.629. The summed E-state index contributed by atoms with van der Waals surface area (Å²) in [5.41, 5.74) is 3.20. The van der Waals surface area contributed by atoms with E-state index in [2.05, 4.69) is 15.9 Å². The first-order valence-corrected chi connectivity index (χ1v) is 7.70. The van der Waals surface area contributed by atoms with Crippen LogP contribution in [0, 0.1) is 6.92 Å². The van der Waals surface area contributed by atoms with Gasteiger partial charge in [0.1, 0.15) is 12.4 Å². The summed E-state index contributed by atoms with van der Waals surface area (Å²) in [6.07, 6.45) is 0. The van der Waals surface area contributed by atoms with E-state index in [0.29, 0.717) is 22.4 Å². The van der Waals surface area contributed by atoms with E-state index in [-0.39, 0.29) is 0 Å². The molecule has 2 aromatic carbocycles. The minimum Gasteiger partial charge on any atom is -0.487 e. The standard InChI is InChI=1S/C15H13BrCl2O/c1-10-2-4-12(13(17)6-10)9-19-15-5-3-11(8-16)7-14(15)18/h2-7H,8-9H2,1H3. The summed E-state index contributed by atoms with van der Waals surface area (Å²) in [6, 6.07) is 11.7. The van der Waals surface area contributed by atoms with E-state index in [1.165, 1.54) is 0 Å². The summed E-state index contributed by atoms with van der Waals surface area (Å²) in [7, 11) is 0. The van der Waals surface area contributed by atoms with Gasteiger partial charge in [0, 0.05) is 15.9 Å². The molecule has 0 fully saturated rings. The molecule has 0 atom stereocenters. The number of hydrogen-bond acceptors (Lipinski definition) is 1. The van der Waals surface area contributed by atoms with E-state index in [1.807, 2.05) is 43.3 Å². The Morgan fingerprint density at radius 2 is 1.84 bits per heavy atom. The first kappa shape index (κ1) is 14.7. The Balaban J connectivity index is 2.10. The van der Waals surface area contributed by atoms with Gasteiger partial charge in [0.2, 0.25) is 0 Å². The number of rotatable bonds is 4. The van der Waals surface area contributed by atoms with Gasteiger partial charge in [-0.3, -0.25) is 0 Å². The average Bonchev–Trinajstić information content (AvgIpc) is 2.39. The molecule has 0 unspecified atom stereocenters. The van der Waals surface area contributed by atoms with Crippen LogP contribution in [-0.2, 0) is 11.9 Å². The second-order valence-corrected chi connectivity index (χ2v) is 5.66. The molecule has 0 saturated heterocycles. The highest BCUT2D eigenvalue weighted by molar-refractivity contribution is 9.08. The van der Waals surface area contributed by atoms with E-state index >= 15 is 0 Å². The molecule has 0 radical (unpaired) electrons. The number of halogens is 3. The Bertz CT molecular complexity index is 584. The van der Waals surface area contributed by atoms with Gasteiger partial charge in [0.05, 0.1) is 5.02 Å². The molecule has 0 bridgehead atoms. The van der Waals surface area contributed by atoms with Crippen molar-refractivity contribution in [1.29, 1.82) is 0 Å². The lowest BCUT2D eigenvalue weighted by Crippen LogP contribution is -1.97. The zero-order chi connectivity index (χ0) is 13.8. The monoisotopic (exact) mass is 358 g/mol. The first-order chi connectivity index (χ1) is 9.10. The van der Waals surface area contributed by atoms with Crippen LogP contribution in [0.1, 0.15) is 16.7 Å². The van der Waals surface area contributed by atoms with Crippen LogP contribution in [0.15, 0.2) is 36.4 Å². The average molecular weight is 360 g/mol. The summed E-state index contributed by atoms with van der Waals surface area (Å²) in [5.74, 6) is 0.669. The van der Waals surface area contributed by atoms with Crippen molar-refractivity contribution in [3.05, 3.63) is 63.1 Å². The van der Waals surface area contributed by atoms with E-state index in [1.54, 1.807) is 0 Å². The molecule has 0 spiro atoms. The van der Waals surface area contributed by atoms with Gasteiger partial charge in [0.25, 0.3) is 0 Å². The lowest BCUT2D eigenvalue weighted by Gasteiger charge is -2.10. The molecule has 0 saturated carbocycles. The van der Waals surface area contributed by atoms with E-state index in [0.717, 1.165) is 22.0 Å². The van der Waals surface area contributed by atoms with Gasteiger partial charge in [-0.15, -0.1) is 0 Å². The molecule has 0 aliphatic carbocycles. The maximum Gasteiger partial charge on any atom is 0.138 e. The van der Waals surface area contributed by atoms with Crippen LogP contribution in [0.2, 0.25) is 10.0 Å². The molecule has 0 aliphatic rings. The van der Waals surface area contributed by atoms with Crippen molar-refractivity contribution < 1.29 is 4.74 Å². The fourth-order valence-corrected chi connectivity index (χ4v) is 2.57. The predicted octanol–water partition coefficient (Wildman–Crippen LogP) is 5.78. The maximum atomic E-state index is 6.16. The molecule has 0 aliphatic heterocycles. The van der Waals surface area contributed by atoms with Crippen LogP contribution in [-0.4, -0.2) is 0 Å². The lowest BCUT2D eigenvalue weighted by molar-refractivity contribution is 0.306. The third-order valence-electron chi connectivity index (χ3n) is 2.74. The van der Waals surface area contributed by atoms with Crippen molar-refractivity contribution in [3.8, 4) is 5.75 Å². The Morgan fingerprint density at radius 1 is 1.05 bits per heavy atom. The van der Waals surface area contributed by atoms with Crippen molar-refractivity contribution >= 4 is 39.1 Å². The summed E-state index contributed by atoms with van der Waals surface area (Å²) in [6.45, 7) is 2.42. The smallest absolute Gasteiger partial charge is 0.138 e. The number of aryl methyl sites for hydroxylation is 1. The van der Waals surface area contributed by atoms with Gasteiger partial charge in [-0.1, -0.05) is 57.3 Å². The fraction of sp³-hybridized carbons (Fsp3) is 0.200. The third-order valence-corrected chi connectivity index (χ3v) is 4.04. The van der Waals surface area contributed by atoms with Crippen molar-refractivity contribution in [2.24, 2.45) is 0 Å². The highest BCUT2D eigenvalue weighted by Gasteiger charge is 2.05. The Morgan fingerprint density at radius 3 is 2.47 bits per heavy atom. The largest absolute Gasteiger partial charge is 0.487 e. The van der Waals surface area contributed by atoms with Crippen LogP contribution >= 0.6 is 39.1 Å². The van der Waals surface area contributed by atoms with Crippen molar-refractivity contribution in [3.63, 3.8) is 0 Å². The van der Waals surface area contributed by atoms with Crippen LogP contribution < -0.4 is 4.74 Å². The van der Waals surface area contributed by atoms with Crippen LogP contribution in [0.4, 0.5) is 0 Å². The van der Waals surface area contributed by atoms with Crippen LogP contribution in [0.3, 0.4) is 0 Å². The predicted molar refractivity (Wildman–Crippen MR) is 84.6 cm³/mol. The molecule has 4 heteroatoms. The molecule has 19 heavy (non-hydrogen) atoms. The van der Waals surface area contributed by atoms with Crippen LogP contribution in [0.25, 0.3) is 0 Å². The highest BCUT2D eigenvalue weighted by atomic mass is 79.9. The van der Waals surface area contributed by atoms with Gasteiger partial charge in [0.15, 0.2) is 0 Å². The number of ether oxygens (including phenoxy) is 1. The van der Waals surface area contributed by atoms with E-state index < -0.39 is 0 Å². The minimum atomic E-state index is 0.409. The molecule has 2 rings (SSSR count). The third kappa shape index (κ3) is 3.88. The molecule has 2 aromatic rings. The Kier molecular flexibility index (Phi) is 5.14. The second-order valence-electron chi connectivity index (χ2n) is 4.28. The zero-order valence-electron chi connectivity index (χ0n) is 10.4. The van der Waals surface area contributed by atoms with Gasteiger partial charge < -0.3 is 4.74 Å². The van der Waals surface area contributed by atoms with Crippen molar-refractivity contribution in [2.75, 3.05) is 0 Å². The molecule has 0 heterocycles. The second kappa shape index (κ2) is 6.65. The number of benzene rings is 2. The topological polar surface area (TPSA) is 9.23 Å². The Hall–Kier alpha value is -0.700. The van der Waals surface area contributed by atoms with Crippen LogP contribution in [0.5, 0.6) is 5.75 Å². The fourth-order valence-electron chi connectivity index (χ4n) is 1.67. The molecular formula is C15H13BrCl2O. The summed E-state index contributed by atoms with van der Waals surface area (Å²) in [5, 5.41) is 2.10. The summed E-state index contributed by atoms with van der Waals surface area (Å²) >= 11 is 15.7. The Labute approximate surface area is 131 Å². The minimum absolute atomic E-state index is 0.409. The van der Waals surface area contributed by atoms with E-state index in [4.69, 9.17) is 27.9 Å². The normalized spacial score (nSPS) is 10.5. The SMILES string of the molecule is Cc1ccc(COc2ccc(CBr)cc2Cl)c(Cl)c1. The number of hydrogen-bond donors (Lipinski definition) is 0.